The lowest BCUT2D eigenvalue weighted by atomic mass is 10.1. The van der Waals surface area contributed by atoms with E-state index in [9.17, 15) is 18.5 Å². The van der Waals surface area contributed by atoms with Gasteiger partial charge in [0.05, 0.1) is 8.95 Å². The first-order valence-electron chi connectivity index (χ1n) is 9.60. The van der Waals surface area contributed by atoms with Gasteiger partial charge in [-0.05, 0) is 98.8 Å². The summed E-state index contributed by atoms with van der Waals surface area (Å²) in [6.45, 7) is 3.82. The van der Waals surface area contributed by atoms with Crippen molar-refractivity contribution in [2.45, 2.75) is 18.7 Å². The molecule has 1 N–H and O–H groups in total. The van der Waals surface area contributed by atoms with Crippen LogP contribution in [-0.2, 0) is 14.9 Å². The molecule has 0 aliphatic heterocycles. The van der Waals surface area contributed by atoms with Gasteiger partial charge in [0.1, 0.15) is 16.5 Å². The van der Waals surface area contributed by atoms with Crippen LogP contribution < -0.4 is 9.50 Å². The number of aryl methyl sites for hydroxylation is 1. The van der Waals surface area contributed by atoms with E-state index in [2.05, 4.69) is 37.2 Å². The summed E-state index contributed by atoms with van der Waals surface area (Å²) in [6.07, 6.45) is 1.41. The minimum absolute atomic E-state index is 0.0163. The van der Waals surface area contributed by atoms with Crippen LogP contribution in [0.4, 0.5) is 5.69 Å². The average Bonchev–Trinajstić information content (AvgIpc) is 2.78. The largest absolute Gasteiger partial charge is 0.377 e. The first kappa shape index (κ1) is 24.7. The number of nitrogens with zero attached hydrogens (tertiary/aromatic N) is 1. The molecule has 3 aromatic carbocycles. The number of hydrogen-bond donors (Lipinski definition) is 1. The van der Waals surface area contributed by atoms with Gasteiger partial charge in [-0.2, -0.15) is 13.7 Å². The monoisotopic (exact) mass is 588 g/mol. The van der Waals surface area contributed by atoms with Gasteiger partial charge in [-0.15, -0.1) is 0 Å². The lowest BCUT2D eigenvalue weighted by Crippen LogP contribution is -2.14. The summed E-state index contributed by atoms with van der Waals surface area (Å²) in [4.78, 5) is 12.7. The third kappa shape index (κ3) is 5.90. The Morgan fingerprint density at radius 2 is 1.67 bits per heavy atom. The fourth-order valence-corrected chi connectivity index (χ4v) is 5.46. The fourth-order valence-electron chi connectivity index (χ4n) is 2.88. The Bertz CT molecular complexity index is 1370. The molecule has 1 amide bonds. The number of amides is 1. The van der Waals surface area contributed by atoms with Crippen LogP contribution in [0.3, 0.4) is 0 Å². The minimum Gasteiger partial charge on any atom is -0.377 e. The van der Waals surface area contributed by atoms with Gasteiger partial charge in [-0.1, -0.05) is 30.3 Å². The molecule has 0 aliphatic carbocycles. The Labute approximate surface area is 209 Å². The molecular formula is C24H18Br2N2O4S. The van der Waals surface area contributed by atoms with Crippen molar-refractivity contribution in [3.63, 3.8) is 0 Å². The van der Waals surface area contributed by atoms with Crippen LogP contribution in [0.25, 0.3) is 6.08 Å². The van der Waals surface area contributed by atoms with Crippen LogP contribution in [0, 0.1) is 25.2 Å². The Morgan fingerprint density at radius 1 is 1.03 bits per heavy atom. The molecule has 3 aromatic rings. The summed E-state index contributed by atoms with van der Waals surface area (Å²) in [5.41, 5.74) is 2.93. The Balaban J connectivity index is 1.88. The molecule has 0 aliphatic rings. The van der Waals surface area contributed by atoms with Crippen LogP contribution >= 0.6 is 31.9 Å². The maximum atomic E-state index is 12.7. The molecule has 0 saturated carbocycles. The van der Waals surface area contributed by atoms with Crippen molar-refractivity contribution < 1.29 is 17.4 Å². The number of benzene rings is 3. The van der Waals surface area contributed by atoms with Gasteiger partial charge in [0, 0.05) is 5.69 Å². The van der Waals surface area contributed by atoms with Crippen molar-refractivity contribution in [2.24, 2.45) is 0 Å². The van der Waals surface area contributed by atoms with Crippen molar-refractivity contribution in [3.8, 4) is 11.8 Å². The second kappa shape index (κ2) is 10.3. The number of halogens is 2. The maximum absolute atomic E-state index is 12.7. The van der Waals surface area contributed by atoms with Gasteiger partial charge >= 0.3 is 10.1 Å². The van der Waals surface area contributed by atoms with Crippen molar-refractivity contribution in [2.75, 3.05) is 5.32 Å². The third-order valence-electron chi connectivity index (χ3n) is 4.77. The molecular weight excluding hydrogens is 572 g/mol. The SMILES string of the molecule is Cc1cccc(NC(=O)/C(C#N)=C/c2cc(Br)c(OS(=O)(=O)c3ccccc3)c(Br)c2)c1C. The van der Waals surface area contributed by atoms with E-state index in [1.807, 2.05) is 32.0 Å². The highest BCUT2D eigenvalue weighted by atomic mass is 79.9. The Hall–Kier alpha value is -2.93. The number of nitrogens with one attached hydrogen (secondary N) is 1. The summed E-state index contributed by atoms with van der Waals surface area (Å²) < 4.78 is 31.1. The van der Waals surface area contributed by atoms with Gasteiger partial charge in [-0.3, -0.25) is 4.79 Å². The highest BCUT2D eigenvalue weighted by Gasteiger charge is 2.21. The van der Waals surface area contributed by atoms with E-state index in [1.54, 1.807) is 36.4 Å². The van der Waals surface area contributed by atoms with Gasteiger partial charge in [0.2, 0.25) is 0 Å². The number of carbonyl (C=O) groups excluding carboxylic acids is 1. The summed E-state index contributed by atoms with van der Waals surface area (Å²) in [5, 5.41) is 12.3. The zero-order valence-electron chi connectivity index (χ0n) is 17.6. The molecule has 6 nitrogen and oxygen atoms in total. The lowest BCUT2D eigenvalue weighted by molar-refractivity contribution is -0.112. The smallest absolute Gasteiger partial charge is 0.339 e. The first-order valence-corrected chi connectivity index (χ1v) is 12.6. The zero-order chi connectivity index (χ0) is 24.2. The van der Waals surface area contributed by atoms with Crippen LogP contribution in [0.15, 0.2) is 80.1 Å². The second-order valence-electron chi connectivity index (χ2n) is 7.04. The van der Waals surface area contributed by atoms with E-state index in [1.165, 1.54) is 18.2 Å². The molecule has 0 atom stereocenters. The highest BCUT2D eigenvalue weighted by Crippen LogP contribution is 2.37. The molecule has 3 rings (SSSR count). The maximum Gasteiger partial charge on any atom is 0.339 e. The molecule has 0 radical (unpaired) electrons. The van der Waals surface area contributed by atoms with Gasteiger partial charge in [0.15, 0.2) is 5.75 Å². The Morgan fingerprint density at radius 3 is 2.27 bits per heavy atom. The molecule has 0 saturated heterocycles. The molecule has 0 spiro atoms. The number of nitriles is 1. The van der Waals surface area contributed by atoms with Crippen molar-refractivity contribution >= 4 is 59.6 Å². The average molecular weight is 590 g/mol. The van der Waals surface area contributed by atoms with Crippen LogP contribution in [0.2, 0.25) is 0 Å². The predicted molar refractivity (Wildman–Crippen MR) is 134 cm³/mol. The summed E-state index contributed by atoms with van der Waals surface area (Å²) in [7, 11) is -4.05. The zero-order valence-corrected chi connectivity index (χ0v) is 21.6. The summed E-state index contributed by atoms with van der Waals surface area (Å²) >= 11 is 6.62. The quantitative estimate of drug-likeness (QED) is 0.211. The normalized spacial score (nSPS) is 11.5. The van der Waals surface area contributed by atoms with Crippen molar-refractivity contribution in [1.29, 1.82) is 5.26 Å². The number of carbonyl (C=O) groups is 1. The highest BCUT2D eigenvalue weighted by molar-refractivity contribution is 9.11. The van der Waals surface area contributed by atoms with Gasteiger partial charge < -0.3 is 9.50 Å². The van der Waals surface area contributed by atoms with E-state index in [-0.39, 0.29) is 16.2 Å². The van der Waals surface area contributed by atoms with Crippen molar-refractivity contribution in [1.82, 2.24) is 0 Å². The fraction of sp³-hybridized carbons (Fsp3) is 0.0833. The third-order valence-corrected chi connectivity index (χ3v) is 7.19. The predicted octanol–water partition coefficient (Wildman–Crippen LogP) is 6.14. The van der Waals surface area contributed by atoms with Crippen molar-refractivity contribution in [3.05, 3.63) is 91.9 Å². The van der Waals surface area contributed by atoms with Gasteiger partial charge in [-0.25, -0.2) is 0 Å². The van der Waals surface area contributed by atoms with E-state index >= 15 is 0 Å². The number of hydrogen-bond acceptors (Lipinski definition) is 5. The van der Waals surface area contributed by atoms with Gasteiger partial charge in [0.25, 0.3) is 5.91 Å². The molecule has 0 aromatic heterocycles. The number of anilines is 1. The first-order chi connectivity index (χ1) is 15.6. The molecule has 168 valence electrons. The molecule has 33 heavy (non-hydrogen) atoms. The topological polar surface area (TPSA) is 96.3 Å². The summed E-state index contributed by atoms with van der Waals surface area (Å²) in [5.74, 6) is -0.500. The van der Waals surface area contributed by atoms with E-state index < -0.39 is 16.0 Å². The lowest BCUT2D eigenvalue weighted by Gasteiger charge is -2.12. The molecule has 9 heteroatoms. The standard InChI is InChI=1S/C24H18Br2N2O4S/c1-15-7-6-10-22(16(15)2)28-24(29)18(14-27)11-17-12-20(25)23(21(26)13-17)32-33(30,31)19-8-4-3-5-9-19/h3-13H,1-2H3,(H,28,29)/b18-11+. The molecule has 0 unspecified atom stereocenters. The van der Waals surface area contributed by atoms with E-state index in [0.29, 0.717) is 20.2 Å². The second-order valence-corrected chi connectivity index (χ2v) is 10.3. The van der Waals surface area contributed by atoms with Crippen LogP contribution in [0.5, 0.6) is 5.75 Å². The Kier molecular flexibility index (Phi) is 7.74. The van der Waals surface area contributed by atoms with Crippen LogP contribution in [0.1, 0.15) is 16.7 Å². The van der Waals surface area contributed by atoms with E-state index in [4.69, 9.17) is 4.18 Å². The summed E-state index contributed by atoms with van der Waals surface area (Å²) in [6, 6.07) is 18.3. The molecule has 0 fully saturated rings. The van der Waals surface area contributed by atoms with E-state index in [0.717, 1.165) is 11.1 Å². The number of rotatable bonds is 6. The molecule has 0 heterocycles. The minimum atomic E-state index is -4.05. The molecule has 0 bridgehead atoms. The van der Waals surface area contributed by atoms with Crippen LogP contribution in [-0.4, -0.2) is 14.3 Å².